The highest BCUT2D eigenvalue weighted by Crippen LogP contribution is 2.36. The number of rotatable bonds is 2. The Morgan fingerprint density at radius 3 is 2.29 bits per heavy atom. The van der Waals surface area contributed by atoms with Gasteiger partial charge in [-0.25, -0.2) is 0 Å². The summed E-state index contributed by atoms with van der Waals surface area (Å²) in [6.45, 7) is 0. The van der Waals surface area contributed by atoms with Gasteiger partial charge in [-0.2, -0.15) is 0 Å². The summed E-state index contributed by atoms with van der Waals surface area (Å²) in [5.74, 6) is 0. The average Bonchev–Trinajstić information content (AvgIpc) is 3.05. The largest absolute Gasteiger partial charge is 0.143 e. The molecule has 0 saturated carbocycles. The smallest absolute Gasteiger partial charge is 0.0355 e. The van der Waals surface area contributed by atoms with Gasteiger partial charge in [0.25, 0.3) is 0 Å². The van der Waals surface area contributed by atoms with Gasteiger partial charge in [0, 0.05) is 4.88 Å². The van der Waals surface area contributed by atoms with E-state index in [1.54, 1.807) is 0 Å². The first kappa shape index (κ1) is 12.4. The van der Waals surface area contributed by atoms with E-state index in [1.807, 2.05) is 11.3 Å². The van der Waals surface area contributed by atoms with Crippen molar-refractivity contribution in [3.8, 4) is 21.6 Å². The maximum atomic E-state index is 2.29. The van der Waals surface area contributed by atoms with Gasteiger partial charge >= 0.3 is 0 Å². The predicted octanol–water partition coefficient (Wildman–Crippen LogP) is 6.24. The number of fused-ring (bicyclic) bond motifs is 1. The molecule has 3 aromatic carbocycles. The molecular formula is C20H14S. The summed E-state index contributed by atoms with van der Waals surface area (Å²) < 4.78 is 0. The zero-order chi connectivity index (χ0) is 14.1. The molecular weight excluding hydrogens is 272 g/mol. The second-order valence-electron chi connectivity index (χ2n) is 5.09. The molecule has 1 heterocycles. The number of hydrogen-bond donors (Lipinski definition) is 0. The molecule has 0 amide bonds. The summed E-state index contributed by atoms with van der Waals surface area (Å²) in [6.07, 6.45) is 0. The fraction of sp³-hybridized carbons (Fsp3) is 0. The Hall–Kier alpha value is -2.38. The summed E-state index contributed by atoms with van der Waals surface area (Å²) in [5, 5.41) is 4.86. The van der Waals surface area contributed by atoms with E-state index in [0.29, 0.717) is 0 Å². The van der Waals surface area contributed by atoms with Crippen molar-refractivity contribution in [2.24, 2.45) is 0 Å². The highest BCUT2D eigenvalue weighted by Gasteiger charge is 2.07. The Bertz CT molecular complexity index is 883. The summed E-state index contributed by atoms with van der Waals surface area (Å²) >= 11 is 1.81. The minimum absolute atomic E-state index is 1.28. The normalized spacial score (nSPS) is 10.9. The molecule has 1 heteroatoms. The first-order valence-corrected chi connectivity index (χ1v) is 7.92. The van der Waals surface area contributed by atoms with Crippen molar-refractivity contribution in [1.82, 2.24) is 0 Å². The molecule has 4 rings (SSSR count). The third-order valence-electron chi connectivity index (χ3n) is 3.76. The Balaban J connectivity index is 1.85. The van der Waals surface area contributed by atoms with Crippen molar-refractivity contribution in [2.75, 3.05) is 0 Å². The van der Waals surface area contributed by atoms with Crippen LogP contribution >= 0.6 is 11.3 Å². The van der Waals surface area contributed by atoms with Crippen LogP contribution in [-0.2, 0) is 0 Å². The van der Waals surface area contributed by atoms with Crippen LogP contribution in [0.15, 0.2) is 84.2 Å². The van der Waals surface area contributed by atoms with E-state index in [4.69, 9.17) is 0 Å². The first-order chi connectivity index (χ1) is 10.4. The van der Waals surface area contributed by atoms with Gasteiger partial charge in [0.15, 0.2) is 0 Å². The summed E-state index contributed by atoms with van der Waals surface area (Å²) in [6, 6.07) is 27.9. The Morgan fingerprint density at radius 2 is 1.38 bits per heavy atom. The molecule has 0 N–H and O–H groups in total. The fourth-order valence-corrected chi connectivity index (χ4v) is 3.66. The molecule has 0 saturated heterocycles. The molecule has 100 valence electrons. The third kappa shape index (κ3) is 2.26. The minimum atomic E-state index is 1.28. The van der Waals surface area contributed by atoms with E-state index >= 15 is 0 Å². The van der Waals surface area contributed by atoms with Crippen LogP contribution in [0.3, 0.4) is 0 Å². The summed E-state index contributed by atoms with van der Waals surface area (Å²) in [4.78, 5) is 1.32. The minimum Gasteiger partial charge on any atom is -0.143 e. The second kappa shape index (κ2) is 5.19. The zero-order valence-corrected chi connectivity index (χ0v) is 12.3. The second-order valence-corrected chi connectivity index (χ2v) is 6.00. The molecule has 0 aliphatic heterocycles. The lowest BCUT2D eigenvalue weighted by Gasteiger charge is -2.04. The molecule has 21 heavy (non-hydrogen) atoms. The third-order valence-corrected chi connectivity index (χ3v) is 4.73. The van der Waals surface area contributed by atoms with E-state index < -0.39 is 0 Å². The van der Waals surface area contributed by atoms with Crippen LogP contribution in [0.4, 0.5) is 0 Å². The molecule has 0 fully saturated rings. The van der Waals surface area contributed by atoms with Gasteiger partial charge in [-0.05, 0) is 38.9 Å². The summed E-state index contributed by atoms with van der Waals surface area (Å²) in [7, 11) is 0. The lowest BCUT2D eigenvalue weighted by molar-refractivity contribution is 1.67. The van der Waals surface area contributed by atoms with Gasteiger partial charge in [0.2, 0.25) is 0 Å². The molecule has 0 aliphatic rings. The van der Waals surface area contributed by atoms with Crippen LogP contribution in [0.1, 0.15) is 0 Å². The number of benzene rings is 3. The SMILES string of the molecule is c1ccc(-c2csc(-c3cccc4ccccc34)c2)cc1. The van der Waals surface area contributed by atoms with Gasteiger partial charge in [0.05, 0.1) is 0 Å². The van der Waals surface area contributed by atoms with Crippen LogP contribution in [-0.4, -0.2) is 0 Å². The van der Waals surface area contributed by atoms with E-state index in [1.165, 1.54) is 32.3 Å². The van der Waals surface area contributed by atoms with Crippen molar-refractivity contribution in [3.63, 3.8) is 0 Å². The highest BCUT2D eigenvalue weighted by molar-refractivity contribution is 7.14. The van der Waals surface area contributed by atoms with Crippen LogP contribution < -0.4 is 0 Å². The van der Waals surface area contributed by atoms with E-state index in [-0.39, 0.29) is 0 Å². The molecule has 4 aromatic rings. The molecule has 0 spiro atoms. The van der Waals surface area contributed by atoms with Crippen molar-refractivity contribution < 1.29 is 0 Å². The van der Waals surface area contributed by atoms with Gasteiger partial charge < -0.3 is 0 Å². The summed E-state index contributed by atoms with van der Waals surface area (Å²) in [5.41, 5.74) is 3.89. The van der Waals surface area contributed by atoms with Gasteiger partial charge in [0.1, 0.15) is 0 Å². The monoisotopic (exact) mass is 286 g/mol. The van der Waals surface area contributed by atoms with Gasteiger partial charge in [-0.1, -0.05) is 72.8 Å². The fourth-order valence-electron chi connectivity index (χ4n) is 2.70. The van der Waals surface area contributed by atoms with Crippen molar-refractivity contribution in [2.45, 2.75) is 0 Å². The maximum Gasteiger partial charge on any atom is 0.0355 e. The van der Waals surface area contributed by atoms with Gasteiger partial charge in [-0.15, -0.1) is 11.3 Å². The number of thiophene rings is 1. The molecule has 0 bridgehead atoms. The van der Waals surface area contributed by atoms with E-state index in [0.717, 1.165) is 0 Å². The maximum absolute atomic E-state index is 2.29. The Labute approximate surface area is 128 Å². The van der Waals surface area contributed by atoms with Crippen molar-refractivity contribution in [3.05, 3.63) is 84.2 Å². The van der Waals surface area contributed by atoms with Crippen molar-refractivity contribution in [1.29, 1.82) is 0 Å². The van der Waals surface area contributed by atoms with Crippen LogP contribution in [0.5, 0.6) is 0 Å². The topological polar surface area (TPSA) is 0 Å². The lowest BCUT2D eigenvalue weighted by atomic mass is 10.0. The quantitative estimate of drug-likeness (QED) is 0.409. The molecule has 0 nitrogen and oxygen atoms in total. The molecule has 0 unspecified atom stereocenters. The average molecular weight is 286 g/mol. The predicted molar refractivity (Wildman–Crippen MR) is 92.7 cm³/mol. The molecule has 0 atom stereocenters. The van der Waals surface area contributed by atoms with Crippen molar-refractivity contribution >= 4 is 22.1 Å². The molecule has 1 aromatic heterocycles. The standard InChI is InChI=1S/C20H14S/c1-2-7-15(8-3-1)17-13-20(21-14-17)19-12-6-10-16-9-4-5-11-18(16)19/h1-14H. The number of hydrogen-bond acceptors (Lipinski definition) is 1. The molecule has 0 aliphatic carbocycles. The van der Waals surface area contributed by atoms with Crippen LogP contribution in [0, 0.1) is 0 Å². The Kier molecular flexibility index (Phi) is 3.06. The van der Waals surface area contributed by atoms with E-state index in [2.05, 4.69) is 84.2 Å². The van der Waals surface area contributed by atoms with Crippen LogP contribution in [0.2, 0.25) is 0 Å². The van der Waals surface area contributed by atoms with E-state index in [9.17, 15) is 0 Å². The van der Waals surface area contributed by atoms with Gasteiger partial charge in [-0.3, -0.25) is 0 Å². The lowest BCUT2D eigenvalue weighted by Crippen LogP contribution is -1.77. The Morgan fingerprint density at radius 1 is 0.619 bits per heavy atom. The highest BCUT2D eigenvalue weighted by atomic mass is 32.1. The zero-order valence-electron chi connectivity index (χ0n) is 11.5. The first-order valence-electron chi connectivity index (χ1n) is 7.04. The molecule has 0 radical (unpaired) electrons. The van der Waals surface area contributed by atoms with Crippen LogP contribution in [0.25, 0.3) is 32.3 Å².